The fourth-order valence-electron chi connectivity index (χ4n) is 2.44. The first kappa shape index (κ1) is 19.1. The lowest BCUT2D eigenvalue weighted by Gasteiger charge is -2.18. The number of benzene rings is 2. The summed E-state index contributed by atoms with van der Waals surface area (Å²) in [4.78, 5) is 11.2. The minimum Gasteiger partial charge on any atom is -0.326 e. The number of rotatable bonds is 6. The molecule has 2 rings (SSSR count). The molecule has 5 nitrogen and oxygen atoms in total. The smallest absolute Gasteiger partial charge is 0.243 e. The van der Waals surface area contributed by atoms with Crippen LogP contribution in [0.1, 0.15) is 37.8 Å². The summed E-state index contributed by atoms with van der Waals surface area (Å²) in [5.74, 6) is 0.246. The summed E-state index contributed by atoms with van der Waals surface area (Å²) >= 11 is 0. The van der Waals surface area contributed by atoms with Crippen LogP contribution in [0.5, 0.6) is 0 Å². The third-order valence-corrected chi connectivity index (χ3v) is 5.75. The van der Waals surface area contributed by atoms with Gasteiger partial charge in [0.2, 0.25) is 15.9 Å². The van der Waals surface area contributed by atoms with Crippen molar-refractivity contribution in [3.63, 3.8) is 0 Å². The zero-order valence-electron chi connectivity index (χ0n) is 15.0. The second-order valence-electron chi connectivity index (χ2n) is 6.36. The van der Waals surface area contributed by atoms with E-state index < -0.39 is 10.0 Å². The molecular weight excluding hydrogens is 336 g/mol. The highest BCUT2D eigenvalue weighted by Crippen LogP contribution is 2.20. The molecule has 0 atom stereocenters. The summed E-state index contributed by atoms with van der Waals surface area (Å²) in [5.41, 5.74) is 2.73. The van der Waals surface area contributed by atoms with Crippen LogP contribution in [0, 0.1) is 0 Å². The molecule has 0 spiro atoms. The van der Waals surface area contributed by atoms with Gasteiger partial charge in [0.15, 0.2) is 0 Å². The predicted molar refractivity (Wildman–Crippen MR) is 99.9 cm³/mol. The summed E-state index contributed by atoms with van der Waals surface area (Å²) < 4.78 is 26.7. The maximum Gasteiger partial charge on any atom is 0.243 e. The first-order valence-electron chi connectivity index (χ1n) is 8.13. The van der Waals surface area contributed by atoms with Gasteiger partial charge >= 0.3 is 0 Å². The van der Waals surface area contributed by atoms with Crippen LogP contribution in [0.2, 0.25) is 0 Å². The van der Waals surface area contributed by atoms with E-state index >= 15 is 0 Å². The highest BCUT2D eigenvalue weighted by Gasteiger charge is 2.20. The van der Waals surface area contributed by atoms with Gasteiger partial charge in [0, 0.05) is 26.2 Å². The van der Waals surface area contributed by atoms with E-state index in [2.05, 4.69) is 19.2 Å². The third-order valence-electron chi connectivity index (χ3n) is 3.93. The Kier molecular flexibility index (Phi) is 5.98. The maximum absolute atomic E-state index is 12.7. The van der Waals surface area contributed by atoms with Crippen LogP contribution in [0.4, 0.5) is 5.69 Å². The maximum atomic E-state index is 12.7. The van der Waals surface area contributed by atoms with Gasteiger partial charge in [-0.1, -0.05) is 38.1 Å². The van der Waals surface area contributed by atoms with Crippen molar-refractivity contribution >= 4 is 21.6 Å². The first-order chi connectivity index (χ1) is 11.7. The Morgan fingerprint density at radius 3 is 2.08 bits per heavy atom. The molecule has 2 aromatic carbocycles. The molecular formula is C19H24N2O3S. The van der Waals surface area contributed by atoms with Crippen molar-refractivity contribution in [2.45, 2.75) is 38.1 Å². The highest BCUT2D eigenvalue weighted by atomic mass is 32.2. The summed E-state index contributed by atoms with van der Waals surface area (Å²) in [6, 6.07) is 14.1. The Labute approximate surface area is 149 Å². The van der Waals surface area contributed by atoms with Crippen LogP contribution in [0.25, 0.3) is 0 Å². The summed E-state index contributed by atoms with van der Waals surface area (Å²) in [6.45, 7) is 5.95. The van der Waals surface area contributed by atoms with Gasteiger partial charge in [-0.2, -0.15) is 4.31 Å². The summed E-state index contributed by atoms with van der Waals surface area (Å²) in [7, 11) is -2.03. The van der Waals surface area contributed by atoms with E-state index in [0.717, 1.165) is 5.56 Å². The van der Waals surface area contributed by atoms with Crippen LogP contribution in [0.3, 0.4) is 0 Å². The Balaban J connectivity index is 2.13. The van der Waals surface area contributed by atoms with Crippen LogP contribution < -0.4 is 5.32 Å². The van der Waals surface area contributed by atoms with Gasteiger partial charge < -0.3 is 5.32 Å². The molecule has 0 saturated heterocycles. The standard InChI is InChI=1S/C19H24N2O3S/c1-14(2)17-7-5-16(6-8-17)13-21(4)25(23,24)19-11-9-18(10-12-19)20-15(3)22/h5-12,14H,13H2,1-4H3,(H,20,22). The molecule has 1 amide bonds. The molecule has 134 valence electrons. The minimum absolute atomic E-state index is 0.197. The Morgan fingerprint density at radius 2 is 1.60 bits per heavy atom. The van der Waals surface area contributed by atoms with E-state index in [1.54, 1.807) is 19.2 Å². The van der Waals surface area contributed by atoms with Crippen LogP contribution in [0.15, 0.2) is 53.4 Å². The first-order valence-corrected chi connectivity index (χ1v) is 9.57. The lowest BCUT2D eigenvalue weighted by molar-refractivity contribution is -0.114. The number of nitrogens with zero attached hydrogens (tertiary/aromatic N) is 1. The van der Waals surface area contributed by atoms with Crippen molar-refractivity contribution in [3.8, 4) is 0 Å². The lowest BCUT2D eigenvalue weighted by Crippen LogP contribution is -2.26. The van der Waals surface area contributed by atoms with Gasteiger partial charge in [-0.05, 0) is 41.3 Å². The number of anilines is 1. The van der Waals surface area contributed by atoms with Gasteiger partial charge in [-0.25, -0.2) is 8.42 Å². The van der Waals surface area contributed by atoms with Gasteiger partial charge in [-0.15, -0.1) is 0 Å². The Bertz CT molecular complexity index is 826. The largest absolute Gasteiger partial charge is 0.326 e. The van der Waals surface area contributed by atoms with E-state index in [1.165, 1.54) is 28.9 Å². The van der Waals surface area contributed by atoms with E-state index in [0.29, 0.717) is 18.2 Å². The zero-order valence-corrected chi connectivity index (χ0v) is 15.8. The molecule has 0 bridgehead atoms. The molecule has 0 unspecified atom stereocenters. The topological polar surface area (TPSA) is 66.5 Å². The van der Waals surface area contributed by atoms with Crippen molar-refractivity contribution in [2.75, 3.05) is 12.4 Å². The molecule has 0 aliphatic heterocycles. The Hall–Kier alpha value is -2.18. The molecule has 0 aliphatic carbocycles. The molecule has 2 aromatic rings. The van der Waals surface area contributed by atoms with E-state index in [-0.39, 0.29) is 10.8 Å². The lowest BCUT2D eigenvalue weighted by atomic mass is 10.0. The van der Waals surface area contributed by atoms with E-state index in [4.69, 9.17) is 0 Å². The van der Waals surface area contributed by atoms with Crippen LogP contribution in [-0.2, 0) is 21.4 Å². The van der Waals surface area contributed by atoms with Crippen LogP contribution >= 0.6 is 0 Å². The second kappa shape index (κ2) is 7.80. The molecule has 6 heteroatoms. The average molecular weight is 360 g/mol. The predicted octanol–water partition coefficient (Wildman–Crippen LogP) is 3.59. The Morgan fingerprint density at radius 1 is 1.04 bits per heavy atom. The van der Waals surface area contributed by atoms with Crippen LogP contribution in [-0.4, -0.2) is 25.7 Å². The second-order valence-corrected chi connectivity index (χ2v) is 8.41. The van der Waals surface area contributed by atoms with Gasteiger partial charge in [0.25, 0.3) is 0 Å². The minimum atomic E-state index is -3.59. The van der Waals surface area contributed by atoms with E-state index in [9.17, 15) is 13.2 Å². The molecule has 0 heterocycles. The fourth-order valence-corrected chi connectivity index (χ4v) is 3.60. The fraction of sp³-hybridized carbons (Fsp3) is 0.316. The van der Waals surface area contributed by atoms with Crippen molar-refractivity contribution in [2.24, 2.45) is 0 Å². The van der Waals surface area contributed by atoms with Gasteiger partial charge in [0.1, 0.15) is 0 Å². The molecule has 0 fully saturated rings. The average Bonchev–Trinajstić information content (AvgIpc) is 2.55. The molecule has 1 N–H and O–H groups in total. The number of carbonyl (C=O) groups is 1. The monoisotopic (exact) mass is 360 g/mol. The van der Waals surface area contributed by atoms with Crippen molar-refractivity contribution in [1.82, 2.24) is 4.31 Å². The number of sulfonamides is 1. The highest BCUT2D eigenvalue weighted by molar-refractivity contribution is 7.89. The van der Waals surface area contributed by atoms with Gasteiger partial charge in [0.05, 0.1) is 4.90 Å². The molecule has 0 saturated carbocycles. The number of hydrogen-bond acceptors (Lipinski definition) is 3. The van der Waals surface area contributed by atoms with Crippen molar-refractivity contribution in [3.05, 3.63) is 59.7 Å². The number of carbonyl (C=O) groups excluding carboxylic acids is 1. The zero-order chi connectivity index (χ0) is 18.6. The van der Waals surface area contributed by atoms with E-state index in [1.807, 2.05) is 24.3 Å². The number of nitrogens with one attached hydrogen (secondary N) is 1. The SMILES string of the molecule is CC(=O)Nc1ccc(S(=O)(=O)N(C)Cc2ccc(C(C)C)cc2)cc1. The quantitative estimate of drug-likeness (QED) is 0.856. The summed E-state index contributed by atoms with van der Waals surface area (Å²) in [6.07, 6.45) is 0. The summed E-state index contributed by atoms with van der Waals surface area (Å²) in [5, 5.41) is 2.62. The molecule has 0 aromatic heterocycles. The molecule has 0 aliphatic rings. The van der Waals surface area contributed by atoms with Gasteiger partial charge in [-0.3, -0.25) is 4.79 Å². The van der Waals surface area contributed by atoms with Crippen molar-refractivity contribution in [1.29, 1.82) is 0 Å². The molecule has 25 heavy (non-hydrogen) atoms. The normalized spacial score (nSPS) is 11.8. The molecule has 0 radical (unpaired) electrons. The third kappa shape index (κ3) is 4.90. The number of hydrogen-bond donors (Lipinski definition) is 1. The van der Waals surface area contributed by atoms with Crippen molar-refractivity contribution < 1.29 is 13.2 Å². The number of amides is 1.